The largest absolute Gasteiger partial charge is 0.508 e. The highest BCUT2D eigenvalue weighted by Crippen LogP contribution is 2.48. The zero-order valence-corrected chi connectivity index (χ0v) is 33.6. The van der Waals surface area contributed by atoms with Crippen molar-refractivity contribution in [2.24, 2.45) is 11.8 Å². The molecule has 0 spiro atoms. The van der Waals surface area contributed by atoms with E-state index in [0.717, 1.165) is 50.6 Å². The fraction of sp³-hybridized carbons (Fsp3) is 0.743. The molecule has 1 saturated carbocycles. The number of carbonyl (C=O) groups excluding carboxylic acids is 2. The lowest BCUT2D eigenvalue weighted by molar-refractivity contribution is -0.142. The number of unbranched alkanes of at least 4 members (excludes halogenated alkanes) is 5. The molecule has 10 atom stereocenters. The Morgan fingerprint density at radius 1 is 1.00 bits per heavy atom. The summed E-state index contributed by atoms with van der Waals surface area (Å²) in [5, 5.41) is 39.9. The molecule has 304 valence electrons. The van der Waals surface area contributed by atoms with Crippen LogP contribution in [0.1, 0.15) is 70.3 Å². The lowest BCUT2D eigenvalue weighted by Gasteiger charge is -2.42. The van der Waals surface area contributed by atoms with E-state index in [1.807, 2.05) is 30.3 Å². The van der Waals surface area contributed by atoms with Gasteiger partial charge in [-0.25, -0.2) is 4.79 Å². The second-order valence-corrected chi connectivity index (χ2v) is 16.9. The van der Waals surface area contributed by atoms with Crippen molar-refractivity contribution in [2.45, 2.75) is 114 Å². The van der Waals surface area contributed by atoms with E-state index in [2.05, 4.69) is 16.0 Å². The Kier molecular flexibility index (Phi) is 21.2. The van der Waals surface area contributed by atoms with Crippen molar-refractivity contribution in [2.75, 3.05) is 40.0 Å². The van der Waals surface area contributed by atoms with Crippen LogP contribution in [0.25, 0.3) is 0 Å². The Morgan fingerprint density at radius 2 is 1.67 bits per heavy atom. The van der Waals surface area contributed by atoms with Gasteiger partial charge in [-0.15, -0.1) is 0 Å². The summed E-state index contributed by atoms with van der Waals surface area (Å²) in [4.78, 5) is 34.2. The highest BCUT2D eigenvalue weighted by molar-refractivity contribution is 8.07. The first-order valence-corrected chi connectivity index (χ1v) is 21.5. The number of nitrogens with one attached hydrogen (secondary N) is 3. The summed E-state index contributed by atoms with van der Waals surface area (Å²) in [6.45, 7) is -0.855. The Labute approximate surface area is 330 Å². The van der Waals surface area contributed by atoms with Crippen molar-refractivity contribution in [1.82, 2.24) is 16.0 Å². The molecule has 2 unspecified atom stereocenters. The van der Waals surface area contributed by atoms with Gasteiger partial charge in [0.2, 0.25) is 5.91 Å². The van der Waals surface area contributed by atoms with Crippen LogP contribution in [0.2, 0.25) is 0 Å². The first kappa shape index (κ1) is 46.4. The third-order valence-electron chi connectivity index (χ3n) is 9.52. The van der Waals surface area contributed by atoms with Crippen LogP contribution in [0, 0.1) is 11.8 Å². The number of aliphatic hydroxyl groups is 3. The molecule has 3 rings (SSSR count). The molecule has 2 radical (unpaired) electrons. The molecule has 0 aromatic heterocycles. The molecule has 2 aliphatic rings. The molecule has 2 fully saturated rings. The third-order valence-corrected chi connectivity index (χ3v) is 11.5. The van der Waals surface area contributed by atoms with Crippen molar-refractivity contribution in [3.05, 3.63) is 35.9 Å². The van der Waals surface area contributed by atoms with Crippen molar-refractivity contribution >= 4 is 55.8 Å². The van der Waals surface area contributed by atoms with Crippen molar-refractivity contribution < 1.29 is 57.8 Å². The fourth-order valence-electron chi connectivity index (χ4n) is 6.58. The van der Waals surface area contributed by atoms with E-state index in [1.54, 1.807) is 0 Å². The Bertz CT molecular complexity index is 1330. The second kappa shape index (κ2) is 24.6. The van der Waals surface area contributed by atoms with E-state index in [-0.39, 0.29) is 31.6 Å². The second-order valence-electron chi connectivity index (χ2n) is 13.6. The zero-order valence-electron chi connectivity index (χ0n) is 31.1. The molecule has 1 amide bonds. The molecule has 1 aliphatic heterocycles. The number of carbonyl (C=O) groups is 2. The number of benzene rings is 1. The molecule has 1 aliphatic carbocycles. The monoisotopic (exact) mass is 817 g/mol. The van der Waals surface area contributed by atoms with Crippen LogP contribution < -0.4 is 16.0 Å². The molecule has 7 N–H and O–H groups in total. The summed E-state index contributed by atoms with van der Waals surface area (Å²) >= 11 is 10.5. The maximum absolute atomic E-state index is 12.2. The predicted molar refractivity (Wildman–Crippen MR) is 209 cm³/mol. The van der Waals surface area contributed by atoms with Crippen LogP contribution in [0.4, 0.5) is 4.79 Å². The van der Waals surface area contributed by atoms with Gasteiger partial charge in [0.15, 0.2) is 5.11 Å². The van der Waals surface area contributed by atoms with Gasteiger partial charge in [-0.2, -0.15) is 0 Å². The van der Waals surface area contributed by atoms with Crippen LogP contribution in [-0.2, 0) is 51.2 Å². The normalized spacial score (nSPS) is 27.8. The molecular weight excluding hydrogens is 760 g/mol. The quantitative estimate of drug-likeness (QED) is 0.0278. The van der Waals surface area contributed by atoms with E-state index >= 15 is 0 Å². The summed E-state index contributed by atoms with van der Waals surface area (Å²) in [6, 6.07) is 7.76. The number of hydrogen-bond acceptors (Lipinski definition) is 13. The maximum Gasteiger partial charge on any atom is 0.508 e. The molecule has 1 aromatic carbocycles. The Hall–Kier alpha value is -1.96. The lowest BCUT2D eigenvalue weighted by Crippen LogP contribution is -2.61. The van der Waals surface area contributed by atoms with E-state index in [0.29, 0.717) is 37.5 Å². The Balaban J connectivity index is 1.26. The minimum absolute atomic E-state index is 0.0618. The zero-order chi connectivity index (χ0) is 39.5. The average molecular weight is 818 g/mol. The van der Waals surface area contributed by atoms with Gasteiger partial charge in [-0.3, -0.25) is 4.79 Å². The maximum atomic E-state index is 12.2. The highest BCUT2D eigenvalue weighted by atomic mass is 32.5. The smallest absolute Gasteiger partial charge is 0.431 e. The third kappa shape index (κ3) is 16.3. The molecule has 0 bridgehead atoms. The van der Waals surface area contributed by atoms with Crippen LogP contribution >= 0.6 is 18.9 Å². The van der Waals surface area contributed by atoms with Gasteiger partial charge in [-0.05, 0) is 61.7 Å². The van der Waals surface area contributed by atoms with Gasteiger partial charge in [-0.1, -0.05) is 56.0 Å². The van der Waals surface area contributed by atoms with Crippen LogP contribution in [0.3, 0.4) is 0 Å². The SMILES string of the molecule is [B][C@@H]1O[C@H](COC(=O)OCc2ccccc2)C(OP(O)(=S)OC)[C@@H]1CCCCCCCNC(=S)NCCCCO[C@@H]1C[C@H](CO)[C@H](O)[C@H](O)[C@H]1NC(C)=O. The van der Waals surface area contributed by atoms with E-state index in [4.69, 9.17) is 59.9 Å². The summed E-state index contributed by atoms with van der Waals surface area (Å²) < 4.78 is 33.1. The van der Waals surface area contributed by atoms with Crippen molar-refractivity contribution in [3.63, 3.8) is 0 Å². The fourth-order valence-corrected chi connectivity index (χ4v) is 7.77. The summed E-state index contributed by atoms with van der Waals surface area (Å²) in [6.07, 6.45) is 1.95. The molecule has 1 aromatic rings. The molecule has 15 nitrogen and oxygen atoms in total. The number of thiocarbonyl (C=S) groups is 1. The predicted octanol–water partition coefficient (Wildman–Crippen LogP) is 2.31. The Morgan fingerprint density at radius 3 is 2.33 bits per heavy atom. The van der Waals surface area contributed by atoms with Crippen molar-refractivity contribution in [1.29, 1.82) is 0 Å². The summed E-state index contributed by atoms with van der Waals surface area (Å²) in [5.41, 5.74) is 0.820. The number of amides is 1. The topological polar surface area (TPSA) is 207 Å². The molecule has 19 heteroatoms. The number of aliphatic hydroxyl groups excluding tert-OH is 3. The van der Waals surface area contributed by atoms with Crippen LogP contribution in [-0.4, -0.2) is 128 Å². The lowest BCUT2D eigenvalue weighted by atomic mass is 9.79. The first-order valence-electron chi connectivity index (χ1n) is 18.5. The summed E-state index contributed by atoms with van der Waals surface area (Å²) in [5.74, 6) is -1.15. The number of rotatable bonds is 23. The van der Waals surface area contributed by atoms with Gasteiger partial charge < -0.3 is 64.2 Å². The number of hydrogen-bond donors (Lipinski definition) is 7. The molecule has 54 heavy (non-hydrogen) atoms. The minimum atomic E-state index is -3.56. The van der Waals surface area contributed by atoms with Crippen LogP contribution in [0.15, 0.2) is 30.3 Å². The minimum Gasteiger partial charge on any atom is -0.431 e. The van der Waals surface area contributed by atoms with E-state index in [1.165, 1.54) is 14.0 Å². The number of ether oxygens (including phenoxy) is 4. The van der Waals surface area contributed by atoms with Gasteiger partial charge in [0.25, 0.3) is 0 Å². The summed E-state index contributed by atoms with van der Waals surface area (Å²) in [7, 11) is 7.58. The van der Waals surface area contributed by atoms with Crippen LogP contribution in [0.5, 0.6) is 0 Å². The van der Waals surface area contributed by atoms with E-state index < -0.39 is 61.4 Å². The first-order chi connectivity index (χ1) is 25.8. The van der Waals surface area contributed by atoms with Crippen molar-refractivity contribution in [3.8, 4) is 0 Å². The molecular formula is C35H57BN3O12PS2. The van der Waals surface area contributed by atoms with Gasteiger partial charge >= 0.3 is 12.9 Å². The molecule has 1 saturated heterocycles. The molecule has 1 heterocycles. The standard InChI is InChI=1S/C35H57BN3O12PS2/c1-23(41)39-29-27(19-25(20-40)30(42)31(29)43)47-18-12-11-17-38-34(53)37-16-10-5-3-4-9-15-26-32(51-52(45,54)46-2)28(50-33(26)36)22-49-35(44)48-21-24-13-7-6-8-14-24/h6-8,13-14,25-33,40,42-43H,3-5,9-12,15-22H2,1-2H3,(H,39,41)(H,45,54)(H2,37,38,53)/t25-,26+,27-,28-,29+,30+,31-,32?,33-,52?/m1/s1. The van der Waals surface area contributed by atoms with Gasteiger partial charge in [0.05, 0.1) is 18.2 Å². The van der Waals surface area contributed by atoms with E-state index in [9.17, 15) is 29.8 Å². The van der Waals surface area contributed by atoms with Gasteiger partial charge in [0.1, 0.15) is 39.4 Å². The van der Waals surface area contributed by atoms with Gasteiger partial charge in [0, 0.05) is 58.2 Å². The average Bonchev–Trinajstić information content (AvgIpc) is 3.43. The highest BCUT2D eigenvalue weighted by Gasteiger charge is 2.46.